The molecule has 0 saturated carbocycles. The van der Waals surface area contributed by atoms with Crippen molar-refractivity contribution in [1.82, 2.24) is 5.32 Å². The highest BCUT2D eigenvalue weighted by molar-refractivity contribution is 5.80. The second kappa shape index (κ2) is 59.7. The van der Waals surface area contributed by atoms with Crippen molar-refractivity contribution in [2.24, 2.45) is 0 Å². The van der Waals surface area contributed by atoms with E-state index in [0.717, 1.165) is 44.9 Å². The molecule has 0 bridgehead atoms. The first-order valence-corrected chi connectivity index (χ1v) is 35.4. The molecule has 9 unspecified atom stereocenters. The molecular formula is C71H135NO10. The topological polar surface area (TPSA) is 189 Å². The van der Waals surface area contributed by atoms with Crippen LogP contribution in [0.3, 0.4) is 0 Å². The van der Waals surface area contributed by atoms with E-state index < -0.39 is 74.2 Å². The summed E-state index contributed by atoms with van der Waals surface area (Å²) in [6.07, 6.45) is 65.3. The molecule has 11 heteroatoms. The van der Waals surface area contributed by atoms with Gasteiger partial charge in [-0.1, -0.05) is 314 Å². The Labute approximate surface area is 505 Å². The van der Waals surface area contributed by atoms with Crippen molar-refractivity contribution in [2.45, 2.75) is 396 Å². The summed E-state index contributed by atoms with van der Waals surface area (Å²) in [4.78, 5) is 13.2. The van der Waals surface area contributed by atoms with Gasteiger partial charge in [0.2, 0.25) is 5.91 Å². The molecule has 0 aromatic carbocycles. The van der Waals surface area contributed by atoms with Gasteiger partial charge in [0.1, 0.15) is 36.6 Å². The Morgan fingerprint density at radius 1 is 0.415 bits per heavy atom. The molecule has 82 heavy (non-hydrogen) atoms. The van der Waals surface area contributed by atoms with E-state index in [-0.39, 0.29) is 12.8 Å². The van der Waals surface area contributed by atoms with Gasteiger partial charge in [-0.25, -0.2) is 0 Å². The first-order valence-electron chi connectivity index (χ1n) is 35.4. The van der Waals surface area contributed by atoms with E-state index in [1.165, 1.54) is 250 Å². The van der Waals surface area contributed by atoms with Crippen LogP contribution in [0.4, 0.5) is 0 Å². The molecule has 0 aromatic rings. The number of carbonyl (C=O) groups excluding carboxylic acids is 1. The Morgan fingerprint density at radius 2 is 0.732 bits per heavy atom. The molecule has 1 rings (SSSR count). The van der Waals surface area contributed by atoms with Gasteiger partial charge >= 0.3 is 0 Å². The van der Waals surface area contributed by atoms with Crippen LogP contribution in [0.1, 0.15) is 341 Å². The number of hydrogen-bond donors (Lipinski definition) is 8. The molecule has 1 heterocycles. The van der Waals surface area contributed by atoms with Crippen LogP contribution < -0.4 is 5.32 Å². The summed E-state index contributed by atoms with van der Waals surface area (Å²) in [5.74, 6) is -0.706. The molecule has 8 N–H and O–H groups in total. The SMILES string of the molecule is CCCCCCCCCC/C=C/CC/C=C/CC/C=C/CCCC(O)C(O)C(COC1OC(CO)C(O)C(O)C1O)NC(=O)C(O)CCCCCCCCCCCCCCCCCCCCCCCCCCCCCCCCCCCC. The lowest BCUT2D eigenvalue weighted by Gasteiger charge is -2.40. The zero-order valence-electron chi connectivity index (χ0n) is 53.5. The van der Waals surface area contributed by atoms with E-state index >= 15 is 0 Å². The highest BCUT2D eigenvalue weighted by Crippen LogP contribution is 2.24. The average Bonchev–Trinajstić information content (AvgIpc) is 3.49. The molecule has 9 atom stereocenters. The number of aliphatic hydroxyl groups excluding tert-OH is 7. The first-order chi connectivity index (χ1) is 40.2. The maximum absolute atomic E-state index is 13.2. The van der Waals surface area contributed by atoms with Crippen LogP contribution in [0.2, 0.25) is 0 Å². The minimum atomic E-state index is -1.67. The van der Waals surface area contributed by atoms with E-state index in [1.807, 2.05) is 0 Å². The van der Waals surface area contributed by atoms with Crippen molar-refractivity contribution in [2.75, 3.05) is 13.2 Å². The highest BCUT2D eigenvalue weighted by Gasteiger charge is 2.44. The number of nitrogens with one attached hydrogen (secondary N) is 1. The van der Waals surface area contributed by atoms with Gasteiger partial charge in [-0.3, -0.25) is 4.79 Å². The summed E-state index contributed by atoms with van der Waals surface area (Å²) < 4.78 is 11.2. The fraction of sp³-hybridized carbons (Fsp3) is 0.901. The summed E-state index contributed by atoms with van der Waals surface area (Å²) in [6, 6.07) is -1.19. The number of rotatable bonds is 62. The molecule has 1 aliphatic rings. The summed E-state index contributed by atoms with van der Waals surface area (Å²) in [5.41, 5.74) is 0. The molecule has 0 radical (unpaired) electrons. The first kappa shape index (κ1) is 78.3. The Bertz CT molecular complexity index is 1430. The van der Waals surface area contributed by atoms with Crippen molar-refractivity contribution < 1.29 is 50.0 Å². The van der Waals surface area contributed by atoms with Gasteiger partial charge in [0.25, 0.3) is 0 Å². The molecule has 1 fully saturated rings. The number of hydrogen-bond acceptors (Lipinski definition) is 10. The van der Waals surface area contributed by atoms with E-state index in [0.29, 0.717) is 19.3 Å². The lowest BCUT2D eigenvalue weighted by Crippen LogP contribution is -2.60. The molecule has 484 valence electrons. The third-order valence-corrected chi connectivity index (χ3v) is 17.2. The minimum Gasteiger partial charge on any atom is -0.394 e. The summed E-state index contributed by atoms with van der Waals surface area (Å²) in [7, 11) is 0. The van der Waals surface area contributed by atoms with Crippen LogP contribution in [0.25, 0.3) is 0 Å². The van der Waals surface area contributed by atoms with Crippen molar-refractivity contribution in [3.8, 4) is 0 Å². The average molecular weight is 1160 g/mol. The Hall–Kier alpha value is -1.67. The number of ether oxygens (including phenoxy) is 2. The standard InChI is InChI=1S/C71H135NO10/c1-3-5-7-9-11-13-15-17-19-21-23-25-26-27-28-29-30-31-32-33-34-35-36-37-39-41-43-45-47-49-51-53-55-57-59-64(75)70(80)72-62(61-81-71-69(79)68(78)67(77)65(60-73)82-71)66(76)63(74)58-56-54-52-50-48-46-44-42-40-38-24-22-20-18-16-14-12-10-8-6-4-2/h22,24,42,44,50,52,62-69,71,73-79H,3-21,23,25-41,43,45-49,51,53-61H2,1-2H3,(H,72,80)/b24-22+,44-42+,52-50+. The monoisotopic (exact) mass is 1160 g/mol. The molecule has 1 aliphatic heterocycles. The van der Waals surface area contributed by atoms with Crippen LogP contribution in [-0.4, -0.2) is 110 Å². The van der Waals surface area contributed by atoms with Gasteiger partial charge in [-0.2, -0.15) is 0 Å². The van der Waals surface area contributed by atoms with E-state index in [4.69, 9.17) is 9.47 Å². The third kappa shape index (κ3) is 46.5. The normalized spacial score (nSPS) is 19.3. The summed E-state index contributed by atoms with van der Waals surface area (Å²) in [6.45, 7) is 3.48. The Balaban J connectivity index is 2.18. The smallest absolute Gasteiger partial charge is 0.249 e. The number of unbranched alkanes of at least 4 members (excludes halogenated alkanes) is 44. The number of carbonyl (C=O) groups is 1. The van der Waals surface area contributed by atoms with Gasteiger partial charge in [0.05, 0.1) is 25.4 Å². The fourth-order valence-electron chi connectivity index (χ4n) is 11.5. The molecule has 1 saturated heterocycles. The molecule has 1 amide bonds. The maximum Gasteiger partial charge on any atom is 0.249 e. The second-order valence-corrected chi connectivity index (χ2v) is 24.9. The summed E-state index contributed by atoms with van der Waals surface area (Å²) in [5, 5.41) is 76.4. The van der Waals surface area contributed by atoms with Gasteiger partial charge in [-0.05, 0) is 64.2 Å². The third-order valence-electron chi connectivity index (χ3n) is 17.2. The lowest BCUT2D eigenvalue weighted by atomic mass is 9.98. The number of allylic oxidation sites excluding steroid dienone is 6. The van der Waals surface area contributed by atoms with Crippen LogP contribution in [0.15, 0.2) is 36.5 Å². The second-order valence-electron chi connectivity index (χ2n) is 24.9. The van der Waals surface area contributed by atoms with E-state index in [9.17, 15) is 40.5 Å². The molecular weight excluding hydrogens is 1030 g/mol. The zero-order chi connectivity index (χ0) is 59.6. The van der Waals surface area contributed by atoms with Crippen molar-refractivity contribution in [3.63, 3.8) is 0 Å². The predicted octanol–water partition coefficient (Wildman–Crippen LogP) is 17.0. The maximum atomic E-state index is 13.2. The van der Waals surface area contributed by atoms with E-state index in [1.54, 1.807) is 0 Å². The fourth-order valence-corrected chi connectivity index (χ4v) is 11.5. The van der Waals surface area contributed by atoms with Crippen molar-refractivity contribution in [1.29, 1.82) is 0 Å². The quantitative estimate of drug-likeness (QED) is 0.0215. The largest absolute Gasteiger partial charge is 0.394 e. The zero-order valence-corrected chi connectivity index (χ0v) is 53.5. The van der Waals surface area contributed by atoms with Gasteiger partial charge in [0.15, 0.2) is 6.29 Å². The predicted molar refractivity (Wildman–Crippen MR) is 344 cm³/mol. The Morgan fingerprint density at radius 3 is 1.09 bits per heavy atom. The minimum absolute atomic E-state index is 0.243. The number of amides is 1. The van der Waals surface area contributed by atoms with Crippen molar-refractivity contribution >= 4 is 5.91 Å². The van der Waals surface area contributed by atoms with Crippen LogP contribution >= 0.6 is 0 Å². The number of aliphatic hydroxyl groups is 7. The van der Waals surface area contributed by atoms with Crippen LogP contribution in [0, 0.1) is 0 Å². The molecule has 11 nitrogen and oxygen atoms in total. The highest BCUT2D eigenvalue weighted by atomic mass is 16.7. The van der Waals surface area contributed by atoms with Gasteiger partial charge in [-0.15, -0.1) is 0 Å². The molecule has 0 aromatic heterocycles. The summed E-state index contributed by atoms with van der Waals surface area (Å²) >= 11 is 0. The van der Waals surface area contributed by atoms with Gasteiger partial charge in [0, 0.05) is 0 Å². The van der Waals surface area contributed by atoms with Crippen molar-refractivity contribution in [3.05, 3.63) is 36.5 Å². The molecule has 0 spiro atoms. The van der Waals surface area contributed by atoms with Gasteiger partial charge < -0.3 is 50.5 Å². The van der Waals surface area contributed by atoms with Crippen LogP contribution in [-0.2, 0) is 14.3 Å². The molecule has 0 aliphatic carbocycles. The Kier molecular flexibility index (Phi) is 57.0. The lowest BCUT2D eigenvalue weighted by molar-refractivity contribution is -0.303. The van der Waals surface area contributed by atoms with E-state index in [2.05, 4.69) is 55.6 Å². The van der Waals surface area contributed by atoms with Crippen LogP contribution in [0.5, 0.6) is 0 Å².